The van der Waals surface area contributed by atoms with E-state index in [0.717, 1.165) is 49.2 Å². The maximum Gasteiger partial charge on any atom is 0.251 e. The first-order valence-electron chi connectivity index (χ1n) is 13.3. The molecule has 7 nitrogen and oxygen atoms in total. The first-order valence-corrected chi connectivity index (χ1v) is 14.0. The number of halogens is 2. The second-order valence-corrected chi connectivity index (χ2v) is 10.7. The number of hydrogen-bond donors (Lipinski definition) is 1. The molecular weight excluding hydrogens is 545 g/mol. The first-order chi connectivity index (χ1) is 19.3. The number of anilines is 1. The lowest BCUT2D eigenvalue weighted by molar-refractivity contribution is -0.131. The summed E-state index contributed by atoms with van der Waals surface area (Å²) < 4.78 is 0. The summed E-state index contributed by atoms with van der Waals surface area (Å²) in [7, 11) is 3.44. The number of likely N-dealkylation sites (N-methyl/N-ethyl adjacent to an activating group) is 1. The number of carbonyl (C=O) groups is 2. The molecule has 3 aromatic rings. The third-order valence-electron chi connectivity index (χ3n) is 7.33. The smallest absolute Gasteiger partial charge is 0.251 e. The second-order valence-electron chi connectivity index (χ2n) is 9.92. The SMILES string of the molecule is CNC(=O)c1cccc(-c2ccc(C(CN3CCCC3)N(C)C(=O)CN(CC#N)c3ccc(Cl)c(Cl)c3)cc2)c1. The zero-order valence-corrected chi connectivity index (χ0v) is 24.3. The fourth-order valence-corrected chi connectivity index (χ4v) is 5.29. The van der Waals surface area contributed by atoms with Crippen molar-refractivity contribution in [2.75, 3.05) is 51.7 Å². The van der Waals surface area contributed by atoms with Gasteiger partial charge in [-0.1, -0.05) is 59.6 Å². The van der Waals surface area contributed by atoms with E-state index in [9.17, 15) is 14.9 Å². The lowest BCUT2D eigenvalue weighted by atomic mass is 9.98. The number of nitrogens with one attached hydrogen (secondary N) is 1. The molecule has 0 aliphatic carbocycles. The fourth-order valence-electron chi connectivity index (χ4n) is 5.00. The summed E-state index contributed by atoms with van der Waals surface area (Å²) in [5, 5.41) is 12.9. The van der Waals surface area contributed by atoms with Crippen molar-refractivity contribution >= 4 is 40.7 Å². The number of benzene rings is 3. The quantitative estimate of drug-likeness (QED) is 0.315. The molecule has 1 atom stereocenters. The van der Waals surface area contributed by atoms with Gasteiger partial charge in [0.2, 0.25) is 5.91 Å². The Morgan fingerprint density at radius 1 is 1.00 bits per heavy atom. The van der Waals surface area contributed by atoms with Crippen molar-refractivity contribution in [2.24, 2.45) is 0 Å². The molecule has 4 rings (SSSR count). The van der Waals surface area contributed by atoms with Crippen LogP contribution in [0.2, 0.25) is 10.0 Å². The molecule has 1 fully saturated rings. The Balaban J connectivity index is 1.57. The summed E-state index contributed by atoms with van der Waals surface area (Å²) in [5.74, 6) is -0.233. The van der Waals surface area contributed by atoms with Crippen LogP contribution >= 0.6 is 23.2 Å². The lowest BCUT2D eigenvalue weighted by Gasteiger charge is -2.34. The topological polar surface area (TPSA) is 79.7 Å². The summed E-state index contributed by atoms with van der Waals surface area (Å²) >= 11 is 12.3. The minimum Gasteiger partial charge on any atom is -0.355 e. The maximum absolute atomic E-state index is 13.6. The van der Waals surface area contributed by atoms with Crippen molar-refractivity contribution in [3.63, 3.8) is 0 Å². The van der Waals surface area contributed by atoms with E-state index in [1.165, 1.54) is 0 Å². The predicted octanol–water partition coefficient (Wildman–Crippen LogP) is 5.65. The summed E-state index contributed by atoms with van der Waals surface area (Å²) in [5.41, 5.74) is 4.22. The van der Waals surface area contributed by atoms with Gasteiger partial charge in [0, 0.05) is 31.9 Å². The van der Waals surface area contributed by atoms with E-state index < -0.39 is 0 Å². The zero-order chi connectivity index (χ0) is 28.6. The fraction of sp³-hybridized carbons (Fsp3) is 0.323. The van der Waals surface area contributed by atoms with Crippen molar-refractivity contribution in [3.05, 3.63) is 87.9 Å². The van der Waals surface area contributed by atoms with Crippen LogP contribution in [0.5, 0.6) is 0 Å². The molecule has 0 saturated carbocycles. The zero-order valence-electron chi connectivity index (χ0n) is 22.7. The molecule has 208 valence electrons. The van der Waals surface area contributed by atoms with Crippen LogP contribution in [0.25, 0.3) is 11.1 Å². The normalized spacial score (nSPS) is 13.9. The number of hydrogen-bond acceptors (Lipinski definition) is 5. The minimum absolute atomic E-state index is 0.0306. The largest absolute Gasteiger partial charge is 0.355 e. The van der Waals surface area contributed by atoms with Crippen LogP contribution in [0, 0.1) is 11.3 Å². The molecule has 0 bridgehead atoms. The summed E-state index contributed by atoms with van der Waals surface area (Å²) in [6, 6.07) is 22.8. The number of amides is 2. The Labute approximate surface area is 245 Å². The molecule has 40 heavy (non-hydrogen) atoms. The highest BCUT2D eigenvalue weighted by Crippen LogP contribution is 2.29. The summed E-state index contributed by atoms with van der Waals surface area (Å²) in [4.78, 5) is 31.6. The number of nitrogens with zero attached hydrogens (tertiary/aromatic N) is 4. The predicted molar refractivity (Wildman–Crippen MR) is 161 cm³/mol. The van der Waals surface area contributed by atoms with Gasteiger partial charge in [-0.3, -0.25) is 9.59 Å². The lowest BCUT2D eigenvalue weighted by Crippen LogP contribution is -2.43. The molecule has 9 heteroatoms. The third kappa shape index (κ3) is 7.14. The molecule has 1 heterocycles. The monoisotopic (exact) mass is 577 g/mol. The molecule has 1 aliphatic rings. The molecule has 2 amide bonds. The van der Waals surface area contributed by atoms with Gasteiger partial charge in [0.25, 0.3) is 5.91 Å². The van der Waals surface area contributed by atoms with Gasteiger partial charge in [-0.05, 0) is 73.0 Å². The van der Waals surface area contributed by atoms with E-state index in [4.69, 9.17) is 23.2 Å². The van der Waals surface area contributed by atoms with Crippen molar-refractivity contribution in [1.82, 2.24) is 15.1 Å². The summed E-state index contributed by atoms with van der Waals surface area (Å²) in [6.07, 6.45) is 2.30. The highest BCUT2D eigenvalue weighted by atomic mass is 35.5. The number of carbonyl (C=O) groups excluding carboxylic acids is 2. The van der Waals surface area contributed by atoms with E-state index >= 15 is 0 Å². The Kier molecular flexibility index (Phi) is 10.1. The Bertz CT molecular complexity index is 1380. The average molecular weight is 579 g/mol. The van der Waals surface area contributed by atoms with Crippen LogP contribution in [0.1, 0.15) is 34.8 Å². The number of rotatable bonds is 10. The summed E-state index contributed by atoms with van der Waals surface area (Å²) in [6.45, 7) is 2.80. The Hall–Kier alpha value is -3.57. The van der Waals surface area contributed by atoms with Crippen LogP contribution in [0.4, 0.5) is 5.69 Å². The van der Waals surface area contributed by atoms with Gasteiger partial charge in [0.15, 0.2) is 0 Å². The van der Waals surface area contributed by atoms with Crippen molar-refractivity contribution in [3.8, 4) is 17.2 Å². The molecule has 0 spiro atoms. The molecular formula is C31H33Cl2N5O2. The highest BCUT2D eigenvalue weighted by molar-refractivity contribution is 6.42. The van der Waals surface area contributed by atoms with E-state index in [2.05, 4.69) is 28.4 Å². The van der Waals surface area contributed by atoms with Gasteiger partial charge in [0.05, 0.1) is 28.7 Å². The second kappa shape index (κ2) is 13.7. The third-order valence-corrected chi connectivity index (χ3v) is 8.07. The van der Waals surface area contributed by atoms with Crippen molar-refractivity contribution < 1.29 is 9.59 Å². The van der Waals surface area contributed by atoms with Gasteiger partial charge < -0.3 is 20.0 Å². The average Bonchev–Trinajstić information content (AvgIpc) is 3.50. The van der Waals surface area contributed by atoms with Crippen LogP contribution < -0.4 is 10.2 Å². The van der Waals surface area contributed by atoms with Crippen molar-refractivity contribution in [1.29, 1.82) is 5.26 Å². The van der Waals surface area contributed by atoms with E-state index in [-0.39, 0.29) is 30.9 Å². The maximum atomic E-state index is 13.6. The molecule has 1 unspecified atom stereocenters. The molecule has 0 aromatic heterocycles. The van der Waals surface area contributed by atoms with Crippen LogP contribution in [0.3, 0.4) is 0 Å². The molecule has 0 radical (unpaired) electrons. The van der Waals surface area contributed by atoms with Gasteiger partial charge in [-0.2, -0.15) is 5.26 Å². The minimum atomic E-state index is -0.172. The number of nitriles is 1. The Morgan fingerprint density at radius 2 is 1.73 bits per heavy atom. The number of likely N-dealkylation sites (tertiary alicyclic amines) is 1. The highest BCUT2D eigenvalue weighted by Gasteiger charge is 2.27. The van der Waals surface area contributed by atoms with Gasteiger partial charge >= 0.3 is 0 Å². The molecule has 1 aliphatic heterocycles. The molecule has 3 aromatic carbocycles. The van der Waals surface area contributed by atoms with Crippen molar-refractivity contribution in [2.45, 2.75) is 18.9 Å². The van der Waals surface area contributed by atoms with E-state index in [0.29, 0.717) is 21.3 Å². The molecule has 1 saturated heterocycles. The van der Waals surface area contributed by atoms with Gasteiger partial charge in [0.1, 0.15) is 6.54 Å². The van der Waals surface area contributed by atoms with Crippen LogP contribution in [-0.2, 0) is 4.79 Å². The van der Waals surface area contributed by atoms with Gasteiger partial charge in [-0.15, -0.1) is 0 Å². The first kappa shape index (κ1) is 29.4. The van der Waals surface area contributed by atoms with Crippen LogP contribution in [0.15, 0.2) is 66.7 Å². The van der Waals surface area contributed by atoms with E-state index in [1.807, 2.05) is 37.4 Å². The van der Waals surface area contributed by atoms with E-state index in [1.54, 1.807) is 41.1 Å². The molecule has 1 N–H and O–H groups in total. The Morgan fingerprint density at radius 3 is 2.38 bits per heavy atom. The van der Waals surface area contributed by atoms with Crippen LogP contribution in [-0.4, -0.2) is 68.4 Å². The standard InChI is InChI=1S/C31H33Cl2N5O2/c1-35-31(40)25-7-5-6-24(18-25)22-8-10-23(11-9-22)29(20-37-15-3-4-16-37)36(2)30(39)21-38(17-14-34)26-12-13-27(32)28(33)19-26/h5-13,18-19,29H,3-4,15-17,20-21H2,1-2H3,(H,35,40). The van der Waals surface area contributed by atoms with Gasteiger partial charge in [-0.25, -0.2) is 0 Å².